The van der Waals surface area contributed by atoms with E-state index >= 15 is 0 Å². The molecule has 6 N–H and O–H groups in total. The van der Waals surface area contributed by atoms with Gasteiger partial charge in [-0.25, -0.2) is 0 Å². The van der Waals surface area contributed by atoms with Gasteiger partial charge in [-0.1, -0.05) is 36.4 Å². The summed E-state index contributed by atoms with van der Waals surface area (Å²) >= 11 is 0. The smallest absolute Gasteiger partial charge is 0.184 e. The Morgan fingerprint density at radius 1 is 0.372 bits per heavy atom. The fourth-order valence-corrected chi connectivity index (χ4v) is 12.5. The highest BCUT2D eigenvalue weighted by Gasteiger charge is 2.34. The number of ether oxygens (including phenoxy) is 6. The number of aromatic nitrogens is 3. The first-order valence-corrected chi connectivity index (χ1v) is 26.3. The third-order valence-electron chi connectivity index (χ3n) is 16.4. The van der Waals surface area contributed by atoms with Gasteiger partial charge in [-0.2, -0.15) is 0 Å². The summed E-state index contributed by atoms with van der Waals surface area (Å²) in [5.41, 5.74) is 15.8. The molecule has 0 spiro atoms. The van der Waals surface area contributed by atoms with Crippen LogP contribution in [-0.2, 0) is 38.5 Å². The van der Waals surface area contributed by atoms with Gasteiger partial charge in [-0.3, -0.25) is 0 Å². The minimum Gasteiger partial charge on any atom is -0.504 e. The highest BCUT2D eigenvalue weighted by molar-refractivity contribution is 5.98. The van der Waals surface area contributed by atoms with Crippen LogP contribution in [0, 0.1) is 0 Å². The minimum absolute atomic E-state index is 0.0266. The van der Waals surface area contributed by atoms with E-state index in [1.807, 2.05) is 72.8 Å². The second-order valence-corrected chi connectivity index (χ2v) is 20.1. The van der Waals surface area contributed by atoms with Crippen molar-refractivity contribution in [3.8, 4) is 51.7 Å². The highest BCUT2D eigenvalue weighted by Crippen LogP contribution is 2.50. The lowest BCUT2D eigenvalue weighted by atomic mass is 9.96. The zero-order chi connectivity index (χ0) is 53.5. The average molecular weight is 1050 g/mol. The maximum absolute atomic E-state index is 12.4. The van der Waals surface area contributed by atoms with Gasteiger partial charge in [0.2, 0.25) is 0 Å². The van der Waals surface area contributed by atoms with Crippen LogP contribution >= 0.6 is 0 Å². The Hall–Kier alpha value is -9.24. The van der Waals surface area contributed by atoms with Crippen LogP contribution in [0.2, 0.25) is 0 Å². The third-order valence-corrected chi connectivity index (χ3v) is 16.4. The van der Waals surface area contributed by atoms with Crippen molar-refractivity contribution in [2.75, 3.05) is 77.0 Å². The molecule has 0 saturated heterocycles. The molecule has 0 aliphatic carbocycles. The highest BCUT2D eigenvalue weighted by atomic mass is 16.5. The number of fused-ring (bicyclic) bond motifs is 12. The molecule has 16 rings (SSSR count). The first-order chi connectivity index (χ1) is 38.1. The molecule has 0 amide bonds. The molecule has 0 radical (unpaired) electrons. The molecule has 15 nitrogen and oxygen atoms in total. The fourth-order valence-electron chi connectivity index (χ4n) is 12.5. The number of anilines is 3. The lowest BCUT2D eigenvalue weighted by Crippen LogP contribution is -2.30. The Bertz CT molecular complexity index is 3600. The summed E-state index contributed by atoms with van der Waals surface area (Å²) in [4.78, 5) is 17.7. The van der Waals surface area contributed by atoms with Crippen LogP contribution in [0.3, 0.4) is 0 Å². The SMILES string of the molecule is COc1ccc2c3c([nH]c2c1)/C1=C\Cc2ccc(c(OC)c2O)N2CCc4c([nH]c5cc(OC)ccc45)/C2=C\Cc2ccc(c(OC)c2O)N2CCc4c([nH]c5cc(OC)ccc45)/C2=C\Cc2ccc(c(OC)c2O)N1CC3. The van der Waals surface area contributed by atoms with E-state index in [0.717, 1.165) is 101 Å². The number of benzene rings is 6. The molecule has 6 aromatic carbocycles. The number of allylic oxidation sites excluding steroid dienone is 3. The molecule has 6 bridgehead atoms. The van der Waals surface area contributed by atoms with Crippen LogP contribution in [0.25, 0.3) is 49.8 Å². The van der Waals surface area contributed by atoms with E-state index in [4.69, 9.17) is 28.4 Å². The average Bonchev–Trinajstić information content (AvgIpc) is 4.36. The van der Waals surface area contributed by atoms with Gasteiger partial charge in [0, 0.05) is 87.2 Å². The summed E-state index contributed by atoms with van der Waals surface area (Å²) in [6.45, 7) is 1.73. The minimum atomic E-state index is 0.0266. The number of aromatic amines is 3. The first-order valence-electron chi connectivity index (χ1n) is 26.3. The van der Waals surface area contributed by atoms with E-state index in [2.05, 4.69) is 66.1 Å². The molecule has 0 unspecified atom stereocenters. The second-order valence-electron chi connectivity index (χ2n) is 20.1. The van der Waals surface area contributed by atoms with Crippen LogP contribution < -0.4 is 43.1 Å². The van der Waals surface area contributed by atoms with Gasteiger partial charge in [0.05, 0.1) is 93.9 Å². The van der Waals surface area contributed by atoms with Crippen molar-refractivity contribution in [3.63, 3.8) is 0 Å². The first kappa shape index (κ1) is 48.4. The lowest BCUT2D eigenvalue weighted by Gasteiger charge is -2.34. The summed E-state index contributed by atoms with van der Waals surface area (Å²) < 4.78 is 35.5. The van der Waals surface area contributed by atoms with Crippen LogP contribution in [0.4, 0.5) is 17.1 Å². The van der Waals surface area contributed by atoms with Gasteiger partial charge in [-0.15, -0.1) is 0 Å². The van der Waals surface area contributed by atoms with Crippen LogP contribution in [0.5, 0.6) is 51.7 Å². The molecule has 3 aromatic heterocycles. The van der Waals surface area contributed by atoms with E-state index in [-0.39, 0.29) is 17.2 Å². The number of phenolic OH excluding ortho intramolecular Hbond substituents is 3. The largest absolute Gasteiger partial charge is 0.504 e. The second kappa shape index (κ2) is 19.1. The quantitative estimate of drug-likeness (QED) is 0.0932. The van der Waals surface area contributed by atoms with Gasteiger partial charge in [0.1, 0.15) is 17.2 Å². The Balaban J connectivity index is 1.02. The van der Waals surface area contributed by atoms with E-state index in [0.29, 0.717) is 109 Å². The van der Waals surface area contributed by atoms with Crippen molar-refractivity contribution < 1.29 is 43.7 Å². The Morgan fingerprint density at radius 2 is 0.667 bits per heavy atom. The molecule has 78 heavy (non-hydrogen) atoms. The van der Waals surface area contributed by atoms with Gasteiger partial charge in [0.15, 0.2) is 34.5 Å². The number of aromatic hydroxyl groups is 3. The number of H-pyrrole nitrogens is 3. The molecule has 0 atom stereocenters. The number of phenols is 3. The Labute approximate surface area is 450 Å². The molecule has 396 valence electrons. The zero-order valence-electron chi connectivity index (χ0n) is 44.4. The number of rotatable bonds is 6. The van der Waals surface area contributed by atoms with Crippen LogP contribution in [0.15, 0.2) is 109 Å². The summed E-state index contributed by atoms with van der Waals surface area (Å²) in [7, 11) is 9.76. The van der Waals surface area contributed by atoms with Gasteiger partial charge in [-0.05, 0) is 110 Å². The van der Waals surface area contributed by atoms with Gasteiger partial charge in [0.25, 0.3) is 0 Å². The number of hydrogen-bond donors (Lipinski definition) is 6. The normalized spacial score (nSPS) is 17.2. The van der Waals surface area contributed by atoms with Crippen molar-refractivity contribution in [2.24, 2.45) is 0 Å². The number of methoxy groups -OCH3 is 6. The standard InChI is InChI=1S/C63H60N6O9/c1-73-37-13-16-40-43-25-28-67-49(55(43)64-46(40)31-37)19-7-34-11-23-53(62(77-5)58(34)70)68-29-26-44-41-17-14-39(75-3)33-48(41)66-57(44)51(68)21-9-36-12-24-54(63(78-6)60(36)72)69-30-27-45-42-18-15-38(74-2)32-47(42)65-56(45)50(69)20-8-35-10-22-52(67)61(76-4)59(35)71/h10-24,31-33,64-66,70-72H,7-9,25-30H2,1-6H3/b49-19+,50-20+,51-21+. The Kier molecular flexibility index (Phi) is 11.8. The maximum atomic E-state index is 12.4. The fraction of sp³-hybridized carbons (Fsp3) is 0.238. The van der Waals surface area contributed by atoms with E-state index < -0.39 is 0 Å². The number of nitrogens with one attached hydrogen (secondary N) is 3. The van der Waals surface area contributed by atoms with Crippen molar-refractivity contribution in [1.29, 1.82) is 0 Å². The number of hydrogen-bond acceptors (Lipinski definition) is 12. The van der Waals surface area contributed by atoms with E-state index in [9.17, 15) is 15.3 Å². The van der Waals surface area contributed by atoms with Gasteiger partial charge >= 0.3 is 0 Å². The summed E-state index contributed by atoms with van der Waals surface area (Å²) in [6.07, 6.45) is 9.49. The van der Waals surface area contributed by atoms with E-state index in [1.54, 1.807) is 42.7 Å². The molecule has 7 aliphatic rings. The predicted octanol–water partition coefficient (Wildman–Crippen LogP) is 11.6. The Morgan fingerprint density at radius 3 is 0.936 bits per heavy atom. The summed E-state index contributed by atoms with van der Waals surface area (Å²) in [5.74, 6) is 3.33. The van der Waals surface area contributed by atoms with Crippen LogP contribution in [0.1, 0.15) is 50.5 Å². The topological polar surface area (TPSA) is 173 Å². The predicted molar refractivity (Wildman–Crippen MR) is 307 cm³/mol. The monoisotopic (exact) mass is 1040 g/mol. The van der Waals surface area contributed by atoms with Crippen molar-refractivity contribution >= 4 is 66.9 Å². The molecule has 0 saturated carbocycles. The summed E-state index contributed by atoms with van der Waals surface area (Å²) in [5, 5.41) is 40.5. The molecule has 10 heterocycles. The van der Waals surface area contributed by atoms with E-state index in [1.165, 1.54) is 0 Å². The van der Waals surface area contributed by atoms with Crippen molar-refractivity contribution in [1.82, 2.24) is 15.0 Å². The van der Waals surface area contributed by atoms with Crippen molar-refractivity contribution in [3.05, 3.63) is 160 Å². The maximum Gasteiger partial charge on any atom is 0.184 e. The number of nitrogens with zero attached hydrogens (tertiary/aromatic N) is 3. The summed E-state index contributed by atoms with van der Waals surface area (Å²) in [6, 6.07) is 30.2. The lowest BCUT2D eigenvalue weighted by molar-refractivity contribution is 0.371. The third kappa shape index (κ3) is 7.61. The molecular formula is C63H60N6O9. The van der Waals surface area contributed by atoms with Gasteiger partial charge < -0.3 is 73.4 Å². The zero-order valence-corrected chi connectivity index (χ0v) is 44.4. The molecule has 15 heteroatoms. The van der Waals surface area contributed by atoms with Crippen LogP contribution in [-0.4, -0.2) is 92.6 Å². The van der Waals surface area contributed by atoms with Crippen molar-refractivity contribution in [2.45, 2.75) is 38.5 Å². The molecular weight excluding hydrogens is 985 g/mol. The molecule has 0 fully saturated rings. The molecule has 7 aliphatic heterocycles. The molecule has 9 aromatic rings.